The van der Waals surface area contributed by atoms with E-state index in [2.05, 4.69) is 10.7 Å². The summed E-state index contributed by atoms with van der Waals surface area (Å²) in [5, 5.41) is 13.4. The van der Waals surface area contributed by atoms with E-state index in [1.807, 2.05) is 55.4 Å². The maximum absolute atomic E-state index is 13.3. The maximum atomic E-state index is 13.3. The number of carbonyl (C=O) groups is 3. The van der Waals surface area contributed by atoms with Crippen molar-refractivity contribution in [1.82, 2.24) is 20.7 Å². The number of hydrogen-bond donors (Lipinski definition) is 3. The first-order chi connectivity index (χ1) is 12.9. The molecule has 0 aliphatic heterocycles. The Balaban J connectivity index is 5.72. The van der Waals surface area contributed by atoms with Crippen LogP contribution in [0.2, 0.25) is 0 Å². The standard InChI is InChI=1S/C21H40N4O4/c1-13(2)15(12-14(3)18(27)28)24(10)17(26)16(20(4,5)6)22-19(29)25(11)23-21(7,8)9/h12-13,15-16,23H,1-11H3,(H,22,29)(H,27,28)/b14-12+/t15-,16?/m1/s1. The predicted molar refractivity (Wildman–Crippen MR) is 115 cm³/mol. The van der Waals surface area contributed by atoms with Crippen molar-refractivity contribution in [2.24, 2.45) is 11.3 Å². The molecule has 0 aliphatic carbocycles. The summed E-state index contributed by atoms with van der Waals surface area (Å²) in [6.07, 6.45) is 1.58. The predicted octanol–water partition coefficient (Wildman–Crippen LogP) is 2.86. The van der Waals surface area contributed by atoms with E-state index >= 15 is 0 Å². The van der Waals surface area contributed by atoms with Gasteiger partial charge in [0.15, 0.2) is 0 Å². The van der Waals surface area contributed by atoms with E-state index < -0.39 is 29.5 Å². The Morgan fingerprint density at radius 2 is 1.48 bits per heavy atom. The zero-order valence-electron chi connectivity index (χ0n) is 19.9. The Morgan fingerprint density at radius 1 is 1.00 bits per heavy atom. The van der Waals surface area contributed by atoms with Crippen molar-refractivity contribution >= 4 is 17.9 Å². The average molecular weight is 413 g/mol. The molecule has 0 saturated heterocycles. The van der Waals surface area contributed by atoms with Gasteiger partial charge in [0.25, 0.3) is 0 Å². The SMILES string of the molecule is C/C(=C\[C@H](C(C)C)N(C)C(=O)C(NC(=O)N(C)NC(C)(C)C)C(C)(C)C)C(=O)O. The molecule has 0 spiro atoms. The van der Waals surface area contributed by atoms with Gasteiger partial charge in [-0.15, -0.1) is 0 Å². The number of likely N-dealkylation sites (N-methyl/N-ethyl adjacent to an activating group) is 1. The van der Waals surface area contributed by atoms with Gasteiger partial charge in [-0.2, -0.15) is 0 Å². The summed E-state index contributed by atoms with van der Waals surface area (Å²) in [4.78, 5) is 38.7. The number of nitrogens with zero attached hydrogens (tertiary/aromatic N) is 2. The molecule has 0 radical (unpaired) electrons. The van der Waals surface area contributed by atoms with Crippen LogP contribution in [0.25, 0.3) is 0 Å². The summed E-state index contributed by atoms with van der Waals surface area (Å²) in [6.45, 7) is 16.8. The van der Waals surface area contributed by atoms with Gasteiger partial charge in [-0.1, -0.05) is 40.7 Å². The van der Waals surface area contributed by atoms with Gasteiger partial charge < -0.3 is 15.3 Å². The molecule has 0 aromatic rings. The van der Waals surface area contributed by atoms with Crippen LogP contribution in [0.3, 0.4) is 0 Å². The molecule has 0 aliphatic rings. The minimum Gasteiger partial charge on any atom is -0.478 e. The Morgan fingerprint density at radius 3 is 1.83 bits per heavy atom. The third-order valence-corrected chi connectivity index (χ3v) is 4.42. The van der Waals surface area contributed by atoms with E-state index in [4.69, 9.17) is 0 Å². The van der Waals surface area contributed by atoms with Crippen LogP contribution in [-0.4, -0.2) is 64.6 Å². The number of hydrogen-bond acceptors (Lipinski definition) is 4. The number of carboxylic acid groups (broad SMARTS) is 1. The molecular weight excluding hydrogens is 372 g/mol. The molecule has 3 amide bonds. The molecule has 8 heteroatoms. The molecule has 0 fully saturated rings. The first kappa shape index (κ1) is 26.9. The number of carbonyl (C=O) groups excluding carboxylic acids is 2. The summed E-state index contributed by atoms with van der Waals surface area (Å²) < 4.78 is 0. The Labute approximate surface area is 175 Å². The third-order valence-electron chi connectivity index (χ3n) is 4.42. The molecule has 0 bridgehead atoms. The molecule has 0 saturated carbocycles. The van der Waals surface area contributed by atoms with Crippen LogP contribution in [0.1, 0.15) is 62.3 Å². The van der Waals surface area contributed by atoms with Gasteiger partial charge >= 0.3 is 12.0 Å². The van der Waals surface area contributed by atoms with Gasteiger partial charge in [-0.25, -0.2) is 15.0 Å². The van der Waals surface area contributed by atoms with E-state index in [-0.39, 0.29) is 22.9 Å². The van der Waals surface area contributed by atoms with Crippen LogP contribution in [0.5, 0.6) is 0 Å². The van der Waals surface area contributed by atoms with Gasteiger partial charge in [-0.05, 0) is 39.0 Å². The van der Waals surface area contributed by atoms with Crippen LogP contribution < -0.4 is 10.7 Å². The van der Waals surface area contributed by atoms with Crippen LogP contribution >= 0.6 is 0 Å². The summed E-state index contributed by atoms with van der Waals surface area (Å²) in [5.41, 5.74) is 2.36. The van der Waals surface area contributed by atoms with Crippen molar-refractivity contribution in [2.75, 3.05) is 14.1 Å². The topological polar surface area (TPSA) is 102 Å². The monoisotopic (exact) mass is 412 g/mol. The second-order valence-electron chi connectivity index (χ2n) is 10.0. The Kier molecular flexibility index (Phi) is 9.37. The largest absolute Gasteiger partial charge is 0.478 e. The highest BCUT2D eigenvalue weighted by atomic mass is 16.4. The van der Waals surface area contributed by atoms with Crippen LogP contribution in [0, 0.1) is 11.3 Å². The van der Waals surface area contributed by atoms with Crippen molar-refractivity contribution in [1.29, 1.82) is 0 Å². The van der Waals surface area contributed by atoms with E-state index in [0.717, 1.165) is 0 Å². The zero-order valence-corrected chi connectivity index (χ0v) is 19.9. The van der Waals surface area contributed by atoms with Crippen molar-refractivity contribution in [2.45, 2.75) is 79.9 Å². The van der Waals surface area contributed by atoms with Crippen LogP contribution in [0.15, 0.2) is 11.6 Å². The molecule has 1 unspecified atom stereocenters. The lowest BCUT2D eigenvalue weighted by molar-refractivity contribution is -0.137. The highest BCUT2D eigenvalue weighted by Gasteiger charge is 2.37. The summed E-state index contributed by atoms with van der Waals surface area (Å²) in [6, 6.07) is -1.62. The van der Waals surface area contributed by atoms with Gasteiger partial charge in [0.05, 0.1) is 6.04 Å². The summed E-state index contributed by atoms with van der Waals surface area (Å²) >= 11 is 0. The minimum atomic E-state index is -1.02. The Hall–Kier alpha value is -2.09. The fourth-order valence-electron chi connectivity index (χ4n) is 2.85. The lowest BCUT2D eigenvalue weighted by Crippen LogP contribution is -2.61. The molecule has 0 rings (SSSR count). The normalized spacial score (nSPS) is 15.0. The summed E-state index contributed by atoms with van der Waals surface area (Å²) in [5.74, 6) is -1.30. The minimum absolute atomic E-state index is 0.000184. The highest BCUT2D eigenvalue weighted by molar-refractivity contribution is 5.89. The van der Waals surface area contributed by atoms with Gasteiger partial charge in [0, 0.05) is 25.2 Å². The molecule has 2 atom stereocenters. The fourth-order valence-corrected chi connectivity index (χ4v) is 2.85. The molecule has 0 aromatic carbocycles. The third kappa shape index (κ3) is 8.85. The molecule has 3 N–H and O–H groups in total. The van der Waals surface area contributed by atoms with Gasteiger partial charge in [0.1, 0.15) is 6.04 Å². The smallest absolute Gasteiger partial charge is 0.332 e. The summed E-state index contributed by atoms with van der Waals surface area (Å²) in [7, 11) is 3.24. The quantitative estimate of drug-likeness (QED) is 0.441. The highest BCUT2D eigenvalue weighted by Crippen LogP contribution is 2.24. The number of hydrazine groups is 1. The van der Waals surface area contributed by atoms with E-state index in [9.17, 15) is 19.5 Å². The van der Waals surface area contributed by atoms with Gasteiger partial charge in [0.2, 0.25) is 5.91 Å². The first-order valence-corrected chi connectivity index (χ1v) is 9.89. The maximum Gasteiger partial charge on any atom is 0.332 e. The van der Waals surface area contributed by atoms with E-state index in [1.54, 1.807) is 20.2 Å². The number of amides is 3. The average Bonchev–Trinajstić information content (AvgIpc) is 2.52. The van der Waals surface area contributed by atoms with Crippen molar-refractivity contribution < 1.29 is 19.5 Å². The second-order valence-corrected chi connectivity index (χ2v) is 10.0. The van der Waals surface area contributed by atoms with Crippen LogP contribution in [0.4, 0.5) is 4.79 Å². The van der Waals surface area contributed by atoms with E-state index in [1.165, 1.54) is 16.8 Å². The Bertz CT molecular complexity index is 630. The van der Waals surface area contributed by atoms with Crippen LogP contribution in [-0.2, 0) is 9.59 Å². The molecule has 0 aromatic heterocycles. The number of aliphatic carboxylic acids is 1. The second kappa shape index (κ2) is 10.1. The lowest BCUT2D eigenvalue weighted by Gasteiger charge is -2.38. The zero-order chi connectivity index (χ0) is 23.3. The molecule has 0 heterocycles. The van der Waals surface area contributed by atoms with Crippen molar-refractivity contribution in [3.05, 3.63) is 11.6 Å². The number of rotatable bonds is 7. The lowest BCUT2D eigenvalue weighted by atomic mass is 9.85. The molecule has 29 heavy (non-hydrogen) atoms. The molecular formula is C21H40N4O4. The van der Waals surface area contributed by atoms with Gasteiger partial charge in [-0.3, -0.25) is 9.80 Å². The van der Waals surface area contributed by atoms with Crippen molar-refractivity contribution in [3.63, 3.8) is 0 Å². The number of carboxylic acids is 1. The fraction of sp³-hybridized carbons (Fsp3) is 0.762. The molecule has 168 valence electrons. The van der Waals surface area contributed by atoms with Crippen molar-refractivity contribution in [3.8, 4) is 0 Å². The molecule has 8 nitrogen and oxygen atoms in total. The van der Waals surface area contributed by atoms with E-state index in [0.29, 0.717) is 0 Å². The number of nitrogens with one attached hydrogen (secondary N) is 2. The first-order valence-electron chi connectivity index (χ1n) is 9.89. The number of urea groups is 1.